The molecule has 0 N–H and O–H groups in total. The Hall–Kier alpha value is -2.25. The van der Waals surface area contributed by atoms with Crippen LogP contribution >= 0.6 is 22.9 Å². The molecule has 8 heteroatoms. The molecular weight excluding hydrogens is 410 g/mol. The van der Waals surface area contributed by atoms with E-state index in [1.54, 1.807) is 4.90 Å². The average Bonchev–Trinajstić information content (AvgIpc) is 3.32. The number of rotatable bonds is 3. The summed E-state index contributed by atoms with van der Waals surface area (Å²) >= 11 is 7.73. The van der Waals surface area contributed by atoms with E-state index >= 15 is 0 Å². The Kier molecular flexibility index (Phi) is 4.67. The van der Waals surface area contributed by atoms with Gasteiger partial charge in [-0.25, -0.2) is 0 Å². The fraction of sp³-hybridized carbons (Fsp3) is 0.429. The van der Waals surface area contributed by atoms with Crippen molar-refractivity contribution in [2.45, 2.75) is 50.1 Å². The molecule has 1 fully saturated rings. The third-order valence-corrected chi connectivity index (χ3v) is 7.33. The van der Waals surface area contributed by atoms with Crippen molar-refractivity contribution in [3.8, 4) is 0 Å². The first-order valence-electron chi connectivity index (χ1n) is 9.88. The van der Waals surface area contributed by atoms with Gasteiger partial charge in [0.1, 0.15) is 11.1 Å². The summed E-state index contributed by atoms with van der Waals surface area (Å²) in [5.41, 5.74) is 1.29. The first-order chi connectivity index (χ1) is 14.1. The van der Waals surface area contributed by atoms with Crippen molar-refractivity contribution in [2.24, 2.45) is 5.92 Å². The van der Waals surface area contributed by atoms with E-state index in [9.17, 15) is 9.59 Å². The van der Waals surface area contributed by atoms with E-state index in [1.165, 1.54) is 11.3 Å². The summed E-state index contributed by atoms with van der Waals surface area (Å²) in [5, 5.41) is 9.71. The monoisotopic (exact) mass is 429 g/mol. The highest BCUT2D eigenvalue weighted by atomic mass is 35.5. The van der Waals surface area contributed by atoms with Crippen LogP contribution in [0.15, 0.2) is 41.7 Å². The number of benzene rings is 1. The van der Waals surface area contributed by atoms with Gasteiger partial charge >= 0.3 is 0 Å². The van der Waals surface area contributed by atoms with Crippen LogP contribution in [0.5, 0.6) is 0 Å². The Morgan fingerprint density at radius 2 is 2.00 bits per heavy atom. The molecule has 3 heterocycles. The standard InChI is InChI=1S/C21H20ClN3O3S/c1-2-15-23-24-21(29-15)25-17(11-6-4-3-5-7-11)16-18(26)13-10-12(22)8-9-14(13)28-19(16)20(25)27/h3-7,12-14,17H,2,8-10H2,1H3. The minimum atomic E-state index is -0.555. The van der Waals surface area contributed by atoms with Crippen molar-refractivity contribution < 1.29 is 14.3 Å². The number of carbonyl (C=O) groups excluding carboxylic acids is 2. The van der Waals surface area contributed by atoms with Gasteiger partial charge in [0.25, 0.3) is 5.91 Å². The Bertz CT molecular complexity index is 1010. The van der Waals surface area contributed by atoms with Gasteiger partial charge in [-0.2, -0.15) is 0 Å². The minimum Gasteiger partial charge on any atom is -0.483 e. The number of ketones is 1. The molecular formula is C21H20ClN3O3S. The summed E-state index contributed by atoms with van der Waals surface area (Å²) in [4.78, 5) is 28.5. The lowest BCUT2D eigenvalue weighted by Gasteiger charge is -2.37. The highest BCUT2D eigenvalue weighted by Gasteiger charge is 2.53. The van der Waals surface area contributed by atoms with Gasteiger partial charge in [-0.1, -0.05) is 48.6 Å². The predicted octanol–water partition coefficient (Wildman–Crippen LogP) is 3.82. The normalized spacial score (nSPS) is 29.0. The van der Waals surface area contributed by atoms with Gasteiger partial charge in [0.2, 0.25) is 5.13 Å². The summed E-state index contributed by atoms with van der Waals surface area (Å²) in [6.07, 6.45) is 2.51. The van der Waals surface area contributed by atoms with Crippen molar-refractivity contribution in [2.75, 3.05) is 4.90 Å². The summed E-state index contributed by atoms with van der Waals surface area (Å²) in [6.45, 7) is 1.99. The number of aromatic nitrogens is 2. The number of amides is 1. The second-order valence-electron chi connectivity index (χ2n) is 7.60. The molecule has 6 nitrogen and oxygen atoms in total. The Labute approximate surface area is 177 Å². The summed E-state index contributed by atoms with van der Waals surface area (Å²) in [6, 6.07) is 9.01. The fourth-order valence-electron chi connectivity index (χ4n) is 4.45. The number of ether oxygens (including phenoxy) is 1. The van der Waals surface area contributed by atoms with Gasteiger partial charge in [-0.15, -0.1) is 21.8 Å². The van der Waals surface area contributed by atoms with E-state index in [2.05, 4.69) is 10.2 Å². The predicted molar refractivity (Wildman–Crippen MR) is 110 cm³/mol. The van der Waals surface area contributed by atoms with Gasteiger partial charge < -0.3 is 4.74 Å². The molecule has 1 saturated carbocycles. The highest BCUT2D eigenvalue weighted by Crippen LogP contribution is 2.49. The van der Waals surface area contributed by atoms with E-state index in [1.807, 2.05) is 37.3 Å². The molecule has 0 saturated heterocycles. The number of fused-ring (bicyclic) bond motifs is 1. The highest BCUT2D eigenvalue weighted by molar-refractivity contribution is 7.15. The molecule has 4 unspecified atom stereocenters. The number of nitrogens with zero attached hydrogens (tertiary/aromatic N) is 3. The Balaban J connectivity index is 1.63. The van der Waals surface area contributed by atoms with Gasteiger partial charge in [0, 0.05) is 5.38 Å². The first-order valence-corrected chi connectivity index (χ1v) is 11.1. The zero-order valence-electron chi connectivity index (χ0n) is 15.9. The lowest BCUT2D eigenvalue weighted by molar-refractivity contribution is -0.131. The fourth-order valence-corrected chi connectivity index (χ4v) is 5.57. The number of Topliss-reactive ketones (excluding diaryl/α,β-unsaturated/α-hetero) is 1. The maximum atomic E-state index is 13.5. The average molecular weight is 430 g/mol. The lowest BCUT2D eigenvalue weighted by atomic mass is 9.77. The van der Waals surface area contributed by atoms with Crippen molar-refractivity contribution in [1.82, 2.24) is 10.2 Å². The number of alkyl halides is 1. The molecule has 1 aromatic carbocycles. The Morgan fingerprint density at radius 3 is 2.72 bits per heavy atom. The maximum absolute atomic E-state index is 13.5. The third-order valence-electron chi connectivity index (χ3n) is 5.86. The molecule has 0 bridgehead atoms. The number of hydrogen-bond donors (Lipinski definition) is 0. The second-order valence-corrected chi connectivity index (χ2v) is 9.26. The van der Waals surface area contributed by atoms with Gasteiger partial charge in [-0.05, 0) is 31.2 Å². The van der Waals surface area contributed by atoms with Crippen LogP contribution in [0.2, 0.25) is 0 Å². The zero-order chi connectivity index (χ0) is 20.1. The molecule has 4 atom stereocenters. The van der Waals surface area contributed by atoms with E-state index in [-0.39, 0.29) is 34.8 Å². The van der Waals surface area contributed by atoms with E-state index in [0.717, 1.165) is 23.4 Å². The summed E-state index contributed by atoms with van der Waals surface area (Å²) in [5.74, 6) is -0.463. The molecule has 150 valence electrons. The molecule has 1 amide bonds. The molecule has 0 radical (unpaired) electrons. The number of carbonyl (C=O) groups is 2. The number of hydrogen-bond acceptors (Lipinski definition) is 6. The molecule has 2 aliphatic heterocycles. The molecule has 1 aliphatic carbocycles. The van der Waals surface area contributed by atoms with Crippen LogP contribution in [-0.4, -0.2) is 33.4 Å². The molecule has 0 spiro atoms. The van der Waals surface area contributed by atoms with Gasteiger partial charge in [0.15, 0.2) is 11.5 Å². The lowest BCUT2D eigenvalue weighted by Crippen LogP contribution is -2.41. The SMILES string of the molecule is CCc1nnc(N2C(=O)C3=C(C(=O)C4CC(Cl)CCC4O3)C2c2ccccc2)s1. The maximum Gasteiger partial charge on any atom is 0.296 e. The minimum absolute atomic E-state index is 0.0217. The van der Waals surface area contributed by atoms with Crippen LogP contribution in [0.25, 0.3) is 0 Å². The van der Waals surface area contributed by atoms with E-state index < -0.39 is 6.04 Å². The van der Waals surface area contributed by atoms with Crippen molar-refractivity contribution in [3.63, 3.8) is 0 Å². The molecule has 2 aromatic rings. The molecule has 1 aromatic heterocycles. The van der Waals surface area contributed by atoms with Crippen molar-refractivity contribution in [1.29, 1.82) is 0 Å². The number of halogens is 1. The van der Waals surface area contributed by atoms with E-state index in [4.69, 9.17) is 16.3 Å². The molecule has 5 rings (SSSR count). The van der Waals surface area contributed by atoms with Crippen LogP contribution in [0.3, 0.4) is 0 Å². The topological polar surface area (TPSA) is 72.4 Å². The van der Waals surface area contributed by atoms with Gasteiger partial charge in [-0.3, -0.25) is 14.5 Å². The molecule has 29 heavy (non-hydrogen) atoms. The first kappa shape index (κ1) is 18.8. The van der Waals surface area contributed by atoms with Crippen LogP contribution in [0, 0.1) is 5.92 Å². The van der Waals surface area contributed by atoms with Crippen LogP contribution in [0.4, 0.5) is 5.13 Å². The largest absolute Gasteiger partial charge is 0.483 e. The van der Waals surface area contributed by atoms with Crippen LogP contribution in [0.1, 0.15) is 42.8 Å². The second kappa shape index (κ2) is 7.22. The van der Waals surface area contributed by atoms with Crippen LogP contribution in [-0.2, 0) is 20.7 Å². The summed E-state index contributed by atoms with van der Waals surface area (Å²) < 4.78 is 6.15. The summed E-state index contributed by atoms with van der Waals surface area (Å²) in [7, 11) is 0. The number of aryl methyl sites for hydroxylation is 1. The van der Waals surface area contributed by atoms with Gasteiger partial charge in [0.05, 0.1) is 17.5 Å². The molecule has 3 aliphatic rings. The zero-order valence-corrected chi connectivity index (χ0v) is 17.4. The smallest absolute Gasteiger partial charge is 0.296 e. The third kappa shape index (κ3) is 2.99. The number of anilines is 1. The van der Waals surface area contributed by atoms with Crippen molar-refractivity contribution in [3.05, 3.63) is 52.2 Å². The van der Waals surface area contributed by atoms with Crippen LogP contribution < -0.4 is 4.90 Å². The van der Waals surface area contributed by atoms with Crippen molar-refractivity contribution >= 4 is 39.8 Å². The van der Waals surface area contributed by atoms with E-state index in [0.29, 0.717) is 23.5 Å². The quantitative estimate of drug-likeness (QED) is 0.693. The Morgan fingerprint density at radius 1 is 1.21 bits per heavy atom.